The van der Waals surface area contributed by atoms with E-state index in [4.69, 9.17) is 9.52 Å². The van der Waals surface area contributed by atoms with Crippen molar-refractivity contribution in [1.82, 2.24) is 15.5 Å². The molecule has 2 aliphatic rings. The molecule has 0 aliphatic carbocycles. The number of hydrogen-bond donors (Lipinski definition) is 4. The molecule has 1 aromatic heterocycles. The molecule has 9 nitrogen and oxygen atoms in total. The summed E-state index contributed by atoms with van der Waals surface area (Å²) < 4.78 is 5.09. The van der Waals surface area contributed by atoms with Gasteiger partial charge >= 0.3 is 11.9 Å². The van der Waals surface area contributed by atoms with E-state index in [9.17, 15) is 19.5 Å². The van der Waals surface area contributed by atoms with E-state index in [2.05, 4.69) is 10.6 Å². The SMILES string of the molecule is O=C(CN1CC2(CCNCC2)C[C@@H]1C(=O)O)NCc1ccc(C(=O)O)o1. The Bertz CT molecular complexity index is 694. The van der Waals surface area contributed by atoms with E-state index in [1.54, 1.807) is 4.90 Å². The summed E-state index contributed by atoms with van der Waals surface area (Å²) >= 11 is 0. The number of rotatable bonds is 6. The zero-order valence-corrected chi connectivity index (χ0v) is 14.4. The summed E-state index contributed by atoms with van der Waals surface area (Å²) in [5.41, 5.74) is -0.0357. The Balaban J connectivity index is 1.56. The molecule has 3 heterocycles. The zero-order valence-electron chi connectivity index (χ0n) is 14.4. The first-order valence-electron chi connectivity index (χ1n) is 8.65. The van der Waals surface area contributed by atoms with Crippen LogP contribution < -0.4 is 10.6 Å². The molecule has 3 rings (SSSR count). The number of nitrogens with zero attached hydrogens (tertiary/aromatic N) is 1. The lowest BCUT2D eigenvalue weighted by Gasteiger charge is -2.33. The van der Waals surface area contributed by atoms with Crippen molar-refractivity contribution in [1.29, 1.82) is 0 Å². The molecule has 9 heteroatoms. The largest absolute Gasteiger partial charge is 0.480 e. The van der Waals surface area contributed by atoms with Gasteiger partial charge in [-0.25, -0.2) is 4.79 Å². The Morgan fingerprint density at radius 3 is 2.62 bits per heavy atom. The van der Waals surface area contributed by atoms with E-state index in [1.165, 1.54) is 12.1 Å². The van der Waals surface area contributed by atoms with Gasteiger partial charge in [-0.15, -0.1) is 0 Å². The number of carbonyl (C=O) groups is 3. The Morgan fingerprint density at radius 1 is 1.27 bits per heavy atom. The molecule has 2 saturated heterocycles. The summed E-state index contributed by atoms with van der Waals surface area (Å²) in [6, 6.07) is 2.16. The molecule has 1 aromatic rings. The molecule has 0 unspecified atom stereocenters. The number of piperidine rings is 1. The Hall–Kier alpha value is -2.39. The number of aromatic carboxylic acids is 1. The number of carbonyl (C=O) groups excluding carboxylic acids is 1. The fraction of sp³-hybridized carbons (Fsp3) is 0.588. The van der Waals surface area contributed by atoms with E-state index < -0.39 is 18.0 Å². The van der Waals surface area contributed by atoms with Crippen molar-refractivity contribution in [3.8, 4) is 0 Å². The maximum absolute atomic E-state index is 12.2. The van der Waals surface area contributed by atoms with Gasteiger partial charge in [-0.05, 0) is 49.9 Å². The normalized spacial score (nSPS) is 22.4. The molecule has 0 saturated carbocycles. The van der Waals surface area contributed by atoms with Crippen LogP contribution in [0.15, 0.2) is 16.5 Å². The number of amides is 1. The second-order valence-electron chi connectivity index (χ2n) is 7.06. The quantitative estimate of drug-likeness (QED) is 0.559. The van der Waals surface area contributed by atoms with Crippen molar-refractivity contribution in [3.63, 3.8) is 0 Å². The molecule has 0 radical (unpaired) electrons. The van der Waals surface area contributed by atoms with Gasteiger partial charge in [0.2, 0.25) is 11.7 Å². The van der Waals surface area contributed by atoms with E-state index in [0.29, 0.717) is 18.7 Å². The number of carboxylic acids is 2. The van der Waals surface area contributed by atoms with Crippen molar-refractivity contribution in [2.45, 2.75) is 31.8 Å². The summed E-state index contributed by atoms with van der Waals surface area (Å²) in [6.45, 7) is 2.40. The summed E-state index contributed by atoms with van der Waals surface area (Å²) in [5.74, 6) is -2.23. The lowest BCUT2D eigenvalue weighted by molar-refractivity contribution is -0.142. The first-order chi connectivity index (χ1) is 12.4. The van der Waals surface area contributed by atoms with Gasteiger partial charge in [-0.3, -0.25) is 14.5 Å². The van der Waals surface area contributed by atoms with Crippen molar-refractivity contribution < 1.29 is 29.0 Å². The molecule has 2 fully saturated rings. The zero-order chi connectivity index (χ0) is 18.7. The maximum atomic E-state index is 12.2. The van der Waals surface area contributed by atoms with Crippen LogP contribution in [-0.4, -0.2) is 65.2 Å². The second kappa shape index (κ2) is 7.46. The molecule has 1 atom stereocenters. The number of hydrogen-bond acceptors (Lipinski definition) is 6. The van der Waals surface area contributed by atoms with E-state index in [-0.39, 0.29) is 30.2 Å². The fourth-order valence-corrected chi connectivity index (χ4v) is 3.89. The number of nitrogens with one attached hydrogen (secondary N) is 2. The second-order valence-corrected chi connectivity index (χ2v) is 7.06. The predicted octanol–water partition coefficient (Wildman–Crippen LogP) is 0.123. The van der Waals surface area contributed by atoms with Gasteiger partial charge in [0.15, 0.2) is 0 Å². The van der Waals surface area contributed by atoms with Crippen molar-refractivity contribution in [2.75, 3.05) is 26.2 Å². The van der Waals surface area contributed by atoms with Crippen LogP contribution in [-0.2, 0) is 16.1 Å². The van der Waals surface area contributed by atoms with Crippen LogP contribution in [0.1, 0.15) is 35.6 Å². The molecule has 0 aromatic carbocycles. The smallest absolute Gasteiger partial charge is 0.371 e. The van der Waals surface area contributed by atoms with Gasteiger partial charge in [-0.2, -0.15) is 0 Å². The first-order valence-corrected chi connectivity index (χ1v) is 8.65. The maximum Gasteiger partial charge on any atom is 0.371 e. The van der Waals surface area contributed by atoms with E-state index in [0.717, 1.165) is 25.9 Å². The molecular formula is C17H23N3O6. The van der Waals surface area contributed by atoms with Crippen LogP contribution in [0.4, 0.5) is 0 Å². The fourth-order valence-electron chi connectivity index (χ4n) is 3.89. The van der Waals surface area contributed by atoms with E-state index >= 15 is 0 Å². The minimum atomic E-state index is -1.17. The Labute approximate surface area is 150 Å². The highest BCUT2D eigenvalue weighted by molar-refractivity contribution is 5.84. The van der Waals surface area contributed by atoms with Gasteiger partial charge < -0.3 is 25.3 Å². The number of furan rings is 1. The third kappa shape index (κ3) is 4.05. The Morgan fingerprint density at radius 2 is 2.00 bits per heavy atom. The van der Waals surface area contributed by atoms with Gasteiger partial charge in [-0.1, -0.05) is 0 Å². The van der Waals surface area contributed by atoms with Crippen molar-refractivity contribution >= 4 is 17.8 Å². The van der Waals surface area contributed by atoms with E-state index in [1.807, 2.05) is 0 Å². The van der Waals surface area contributed by atoms with Gasteiger partial charge in [0.25, 0.3) is 0 Å². The van der Waals surface area contributed by atoms with Crippen LogP contribution in [0.2, 0.25) is 0 Å². The summed E-state index contributed by atoms with van der Waals surface area (Å²) in [7, 11) is 0. The topological polar surface area (TPSA) is 132 Å². The van der Waals surface area contributed by atoms with Crippen LogP contribution in [0.25, 0.3) is 0 Å². The van der Waals surface area contributed by atoms with Gasteiger partial charge in [0.1, 0.15) is 11.8 Å². The third-order valence-electron chi connectivity index (χ3n) is 5.23. The molecule has 26 heavy (non-hydrogen) atoms. The molecule has 4 N–H and O–H groups in total. The minimum absolute atomic E-state index is 0.00135. The average molecular weight is 365 g/mol. The number of carboxylic acid groups (broad SMARTS) is 2. The minimum Gasteiger partial charge on any atom is -0.480 e. The van der Waals surface area contributed by atoms with Crippen LogP contribution >= 0.6 is 0 Å². The van der Waals surface area contributed by atoms with Crippen LogP contribution in [0, 0.1) is 5.41 Å². The average Bonchev–Trinajstić information content (AvgIpc) is 3.19. The molecule has 2 aliphatic heterocycles. The number of aliphatic carboxylic acids is 1. The van der Waals surface area contributed by atoms with Gasteiger partial charge in [0.05, 0.1) is 13.1 Å². The molecule has 0 bridgehead atoms. The van der Waals surface area contributed by atoms with Crippen molar-refractivity contribution in [3.05, 3.63) is 23.7 Å². The molecule has 142 valence electrons. The molecule has 1 spiro atoms. The Kier molecular flexibility index (Phi) is 5.28. The lowest BCUT2D eigenvalue weighted by atomic mass is 9.77. The van der Waals surface area contributed by atoms with Crippen LogP contribution in [0.5, 0.6) is 0 Å². The first kappa shape index (κ1) is 18.4. The monoisotopic (exact) mass is 365 g/mol. The lowest BCUT2D eigenvalue weighted by Crippen LogP contribution is -2.43. The molecular weight excluding hydrogens is 342 g/mol. The van der Waals surface area contributed by atoms with Crippen LogP contribution in [0.3, 0.4) is 0 Å². The highest BCUT2D eigenvalue weighted by Gasteiger charge is 2.47. The summed E-state index contributed by atoms with van der Waals surface area (Å²) in [4.78, 5) is 36.4. The highest BCUT2D eigenvalue weighted by atomic mass is 16.4. The van der Waals surface area contributed by atoms with Crippen molar-refractivity contribution in [2.24, 2.45) is 5.41 Å². The standard InChI is InChI=1S/C17H23N3O6/c21-14(19-8-11-1-2-13(26-11)16(24)25)9-20-10-17(3-5-18-6-4-17)7-12(20)15(22)23/h1-2,12,18H,3-10H2,(H,19,21)(H,22,23)(H,24,25)/t12-/m1/s1. The summed E-state index contributed by atoms with van der Waals surface area (Å²) in [6.07, 6.45) is 2.40. The van der Waals surface area contributed by atoms with Gasteiger partial charge in [0, 0.05) is 6.54 Å². The third-order valence-corrected chi connectivity index (χ3v) is 5.23. The predicted molar refractivity (Wildman–Crippen MR) is 89.7 cm³/mol. The summed E-state index contributed by atoms with van der Waals surface area (Å²) in [5, 5.41) is 24.3. The highest BCUT2D eigenvalue weighted by Crippen LogP contribution is 2.41. The molecule has 1 amide bonds. The number of likely N-dealkylation sites (tertiary alicyclic amines) is 1.